The minimum absolute atomic E-state index is 0.115. The normalized spacial score (nSPS) is 20.4. The van der Waals surface area contributed by atoms with Crippen molar-refractivity contribution in [2.75, 3.05) is 0 Å². The molecule has 1 unspecified atom stereocenters. The maximum atomic E-state index is 11.9. The summed E-state index contributed by atoms with van der Waals surface area (Å²) < 4.78 is 6.88. The van der Waals surface area contributed by atoms with Crippen molar-refractivity contribution in [1.29, 1.82) is 0 Å². The summed E-state index contributed by atoms with van der Waals surface area (Å²) in [5.74, 6) is 0.863. The lowest BCUT2D eigenvalue weighted by Gasteiger charge is -2.31. The molecule has 20 heavy (non-hydrogen) atoms. The molecule has 1 aliphatic rings. The van der Waals surface area contributed by atoms with Crippen LogP contribution >= 0.6 is 15.9 Å². The van der Waals surface area contributed by atoms with Gasteiger partial charge >= 0.3 is 0 Å². The molecule has 1 heterocycles. The number of carbonyl (C=O) groups excluding carboxylic acids is 1. The van der Waals surface area contributed by atoms with Gasteiger partial charge in [-0.2, -0.15) is 0 Å². The zero-order valence-corrected chi connectivity index (χ0v) is 13.6. The van der Waals surface area contributed by atoms with Gasteiger partial charge in [0.05, 0.1) is 6.42 Å². The fourth-order valence-electron chi connectivity index (χ4n) is 1.97. The molecule has 0 aromatic heterocycles. The van der Waals surface area contributed by atoms with E-state index in [-0.39, 0.29) is 17.3 Å². The summed E-state index contributed by atoms with van der Waals surface area (Å²) in [7, 11) is 0. The van der Waals surface area contributed by atoms with Crippen LogP contribution in [-0.4, -0.2) is 11.9 Å². The third-order valence-corrected chi connectivity index (χ3v) is 3.84. The molecule has 0 amide bonds. The van der Waals surface area contributed by atoms with Gasteiger partial charge in [-0.15, -0.1) is 0 Å². The van der Waals surface area contributed by atoms with Gasteiger partial charge in [-0.05, 0) is 11.6 Å². The highest BCUT2D eigenvalue weighted by Gasteiger charge is 2.30. The Bertz CT molecular complexity index is 550. The second-order valence-corrected chi connectivity index (χ2v) is 6.89. The molecular weight excluding hydrogens is 316 g/mol. The van der Waals surface area contributed by atoms with E-state index >= 15 is 0 Å². The molecule has 0 radical (unpaired) electrons. The van der Waals surface area contributed by atoms with Crippen molar-refractivity contribution in [3.63, 3.8) is 0 Å². The van der Waals surface area contributed by atoms with Crippen molar-refractivity contribution < 1.29 is 9.53 Å². The van der Waals surface area contributed by atoms with Gasteiger partial charge in [0.15, 0.2) is 5.78 Å². The van der Waals surface area contributed by atoms with Crippen LogP contribution in [0.4, 0.5) is 0 Å². The van der Waals surface area contributed by atoms with Crippen LogP contribution in [0.25, 0.3) is 6.08 Å². The average molecular weight is 335 g/mol. The minimum atomic E-state index is -0.234. The number of halogens is 1. The Morgan fingerprint density at radius 2 is 1.95 bits per heavy atom. The Kier molecular flexibility index (Phi) is 4.48. The molecule has 0 fully saturated rings. The van der Waals surface area contributed by atoms with E-state index in [1.165, 1.54) is 0 Å². The molecule has 0 bridgehead atoms. The molecule has 0 aliphatic carbocycles. The van der Waals surface area contributed by atoms with Gasteiger partial charge < -0.3 is 4.74 Å². The van der Waals surface area contributed by atoms with Crippen molar-refractivity contribution in [3.8, 4) is 0 Å². The van der Waals surface area contributed by atoms with Crippen LogP contribution in [0.15, 0.2) is 46.6 Å². The van der Waals surface area contributed by atoms with Crippen molar-refractivity contribution in [2.24, 2.45) is 5.41 Å². The van der Waals surface area contributed by atoms with E-state index in [1.807, 2.05) is 57.2 Å². The van der Waals surface area contributed by atoms with E-state index in [4.69, 9.17) is 4.74 Å². The molecule has 1 atom stereocenters. The molecule has 3 heteroatoms. The Morgan fingerprint density at radius 1 is 1.30 bits per heavy atom. The molecule has 106 valence electrons. The smallest absolute Gasteiger partial charge is 0.163 e. The Labute approximate surface area is 128 Å². The molecule has 2 nitrogen and oxygen atoms in total. The van der Waals surface area contributed by atoms with Crippen LogP contribution in [0.3, 0.4) is 0 Å². The lowest BCUT2D eigenvalue weighted by atomic mass is 9.90. The van der Waals surface area contributed by atoms with Gasteiger partial charge in [0.25, 0.3) is 0 Å². The number of benzene rings is 1. The monoisotopic (exact) mass is 334 g/mol. The molecule has 0 saturated heterocycles. The third kappa shape index (κ3) is 3.83. The van der Waals surface area contributed by atoms with E-state index in [1.54, 1.807) is 6.08 Å². The Balaban J connectivity index is 2.20. The minimum Gasteiger partial charge on any atom is -0.488 e. The number of ketones is 1. The van der Waals surface area contributed by atoms with Crippen molar-refractivity contribution in [1.82, 2.24) is 0 Å². The van der Waals surface area contributed by atoms with E-state index in [9.17, 15) is 4.79 Å². The van der Waals surface area contributed by atoms with Gasteiger partial charge in [0, 0.05) is 16.0 Å². The highest BCUT2D eigenvalue weighted by Crippen LogP contribution is 2.34. The number of hydrogen-bond acceptors (Lipinski definition) is 2. The van der Waals surface area contributed by atoms with E-state index in [2.05, 4.69) is 15.9 Å². The molecule has 0 spiro atoms. The summed E-state index contributed by atoms with van der Waals surface area (Å²) in [5.41, 5.74) is 0.927. The fourth-order valence-corrected chi connectivity index (χ4v) is 2.48. The summed E-state index contributed by atoms with van der Waals surface area (Å²) in [5, 5.41) is 0. The molecule has 1 aromatic carbocycles. The zero-order valence-electron chi connectivity index (χ0n) is 12.0. The summed E-state index contributed by atoms with van der Waals surface area (Å²) in [6.45, 7) is 6.13. The Hall–Kier alpha value is -1.35. The lowest BCUT2D eigenvalue weighted by molar-refractivity contribution is -0.118. The van der Waals surface area contributed by atoms with E-state index in [0.29, 0.717) is 6.42 Å². The standard InChI is InChI=1S/C17H19BrO2/c1-17(2,3)16-11-13(19)10-15(20-16)14(18)9-12-7-5-4-6-8-12/h4-9,11,15H,10H2,1-3H3/b14-9-. The quantitative estimate of drug-likeness (QED) is 0.782. The number of rotatable bonds is 2. The number of allylic oxidation sites excluding steroid dienone is 2. The first-order chi connectivity index (χ1) is 9.36. The average Bonchev–Trinajstić information content (AvgIpc) is 2.38. The molecule has 1 aliphatic heterocycles. The van der Waals surface area contributed by atoms with E-state index in [0.717, 1.165) is 15.8 Å². The van der Waals surface area contributed by atoms with Crippen LogP contribution in [0, 0.1) is 5.41 Å². The number of carbonyl (C=O) groups is 1. The van der Waals surface area contributed by atoms with Crippen molar-refractivity contribution in [2.45, 2.75) is 33.3 Å². The second-order valence-electron chi connectivity index (χ2n) is 5.98. The van der Waals surface area contributed by atoms with Crippen LogP contribution < -0.4 is 0 Å². The predicted octanol–water partition coefficient (Wildman–Crippen LogP) is 4.71. The molecule has 2 rings (SSSR count). The molecular formula is C17H19BrO2. The van der Waals surface area contributed by atoms with Gasteiger partial charge in [0.2, 0.25) is 0 Å². The van der Waals surface area contributed by atoms with Gasteiger partial charge in [-0.1, -0.05) is 67.0 Å². The first kappa shape index (κ1) is 15.0. The van der Waals surface area contributed by atoms with Crippen molar-refractivity contribution >= 4 is 27.8 Å². The van der Waals surface area contributed by atoms with Crippen molar-refractivity contribution in [3.05, 3.63) is 52.2 Å². The van der Waals surface area contributed by atoms with Crippen LogP contribution in [0.1, 0.15) is 32.8 Å². The molecule has 0 N–H and O–H groups in total. The molecule has 0 saturated carbocycles. The molecule has 1 aromatic rings. The van der Waals surface area contributed by atoms with Crippen LogP contribution in [0.2, 0.25) is 0 Å². The summed E-state index contributed by atoms with van der Waals surface area (Å²) in [4.78, 5) is 11.9. The highest BCUT2D eigenvalue weighted by molar-refractivity contribution is 9.11. The zero-order chi connectivity index (χ0) is 14.8. The summed E-state index contributed by atoms with van der Waals surface area (Å²) >= 11 is 3.55. The first-order valence-electron chi connectivity index (χ1n) is 6.70. The van der Waals surface area contributed by atoms with Gasteiger partial charge in [-0.3, -0.25) is 4.79 Å². The predicted molar refractivity (Wildman–Crippen MR) is 85.4 cm³/mol. The van der Waals surface area contributed by atoms with Crippen LogP contribution in [-0.2, 0) is 9.53 Å². The Morgan fingerprint density at radius 3 is 2.55 bits per heavy atom. The summed E-state index contributed by atoms with van der Waals surface area (Å²) in [6.07, 6.45) is 3.77. The largest absolute Gasteiger partial charge is 0.488 e. The first-order valence-corrected chi connectivity index (χ1v) is 7.49. The number of hydrogen-bond donors (Lipinski definition) is 0. The lowest BCUT2D eigenvalue weighted by Crippen LogP contribution is -2.27. The second kappa shape index (κ2) is 5.96. The SMILES string of the molecule is CC(C)(C)C1=CC(=O)CC(/C(Br)=C/c2ccccc2)O1. The topological polar surface area (TPSA) is 26.3 Å². The van der Waals surface area contributed by atoms with Gasteiger partial charge in [0.1, 0.15) is 11.9 Å². The highest BCUT2D eigenvalue weighted by atomic mass is 79.9. The third-order valence-electron chi connectivity index (χ3n) is 3.10. The number of ether oxygens (including phenoxy) is 1. The van der Waals surface area contributed by atoms with E-state index < -0.39 is 0 Å². The maximum Gasteiger partial charge on any atom is 0.163 e. The fraction of sp³-hybridized carbons (Fsp3) is 0.353. The van der Waals surface area contributed by atoms with Gasteiger partial charge in [-0.25, -0.2) is 0 Å². The maximum absolute atomic E-state index is 11.9. The van der Waals surface area contributed by atoms with Crippen LogP contribution in [0.5, 0.6) is 0 Å². The summed E-state index contributed by atoms with van der Waals surface area (Å²) in [6, 6.07) is 9.99.